The predicted octanol–water partition coefficient (Wildman–Crippen LogP) is 5.11. The number of ether oxygens (including phenoxy) is 1. The number of carbonyl (C=O) groups is 1. The van der Waals surface area contributed by atoms with Gasteiger partial charge in [0, 0.05) is 17.8 Å². The summed E-state index contributed by atoms with van der Waals surface area (Å²) in [7, 11) is -2.30. The standard InChI is InChI=1S/C24H21F3N2O4S/c1-33-20-9-11-21(12-10-20)34(31,32)29-14-2-3-17-15-19(8-13-22(17)29)28-23(30)16-4-6-18(7-5-16)24(25,26)27/h4-13,15H,2-3,14H2,1H3,(H,28,30). The van der Waals surface area contributed by atoms with Gasteiger partial charge in [0.25, 0.3) is 15.9 Å². The molecule has 0 aromatic heterocycles. The van der Waals surface area contributed by atoms with Gasteiger partial charge in [-0.3, -0.25) is 9.10 Å². The third kappa shape index (κ3) is 4.72. The number of carbonyl (C=O) groups excluding carboxylic acids is 1. The molecule has 0 unspecified atom stereocenters. The zero-order chi connectivity index (χ0) is 24.5. The minimum Gasteiger partial charge on any atom is -0.497 e. The van der Waals surface area contributed by atoms with E-state index >= 15 is 0 Å². The van der Waals surface area contributed by atoms with Crippen molar-refractivity contribution >= 4 is 27.3 Å². The van der Waals surface area contributed by atoms with E-state index in [1.807, 2.05) is 0 Å². The first-order valence-corrected chi connectivity index (χ1v) is 11.8. The van der Waals surface area contributed by atoms with Gasteiger partial charge in [0.05, 0.1) is 23.3 Å². The van der Waals surface area contributed by atoms with Crippen molar-refractivity contribution in [1.29, 1.82) is 0 Å². The normalized spacial score (nSPS) is 13.8. The summed E-state index contributed by atoms with van der Waals surface area (Å²) in [6.45, 7) is 0.318. The molecule has 4 rings (SSSR count). The number of alkyl halides is 3. The minimum atomic E-state index is -4.48. The Hall–Kier alpha value is -3.53. The van der Waals surface area contributed by atoms with Gasteiger partial charge in [-0.25, -0.2) is 8.42 Å². The van der Waals surface area contributed by atoms with Crippen LogP contribution in [0.5, 0.6) is 5.75 Å². The molecule has 1 aliphatic rings. The lowest BCUT2D eigenvalue weighted by Crippen LogP contribution is -2.35. The van der Waals surface area contributed by atoms with E-state index in [0.29, 0.717) is 36.5 Å². The monoisotopic (exact) mass is 490 g/mol. The predicted molar refractivity (Wildman–Crippen MR) is 122 cm³/mol. The Morgan fingerprint density at radius 1 is 1.00 bits per heavy atom. The maximum absolute atomic E-state index is 13.2. The van der Waals surface area contributed by atoms with Crippen molar-refractivity contribution in [1.82, 2.24) is 0 Å². The molecular formula is C24H21F3N2O4S. The summed E-state index contributed by atoms with van der Waals surface area (Å²) < 4.78 is 71.1. The van der Waals surface area contributed by atoms with Gasteiger partial charge in [0.1, 0.15) is 5.75 Å². The van der Waals surface area contributed by atoms with Gasteiger partial charge in [0.2, 0.25) is 0 Å². The van der Waals surface area contributed by atoms with Crippen LogP contribution in [0.25, 0.3) is 0 Å². The van der Waals surface area contributed by atoms with E-state index < -0.39 is 27.7 Å². The first kappa shape index (κ1) is 23.6. The lowest BCUT2D eigenvalue weighted by molar-refractivity contribution is -0.137. The van der Waals surface area contributed by atoms with Crippen molar-refractivity contribution in [3.8, 4) is 5.75 Å². The summed E-state index contributed by atoms with van der Waals surface area (Å²) in [5.74, 6) is -0.0152. The number of nitrogens with one attached hydrogen (secondary N) is 1. The summed E-state index contributed by atoms with van der Waals surface area (Å²) in [5, 5.41) is 2.66. The van der Waals surface area contributed by atoms with Gasteiger partial charge in [-0.1, -0.05) is 0 Å². The minimum absolute atomic E-state index is 0.0782. The van der Waals surface area contributed by atoms with E-state index in [4.69, 9.17) is 4.74 Å². The Kier molecular flexibility index (Phi) is 6.26. The highest BCUT2D eigenvalue weighted by molar-refractivity contribution is 7.92. The van der Waals surface area contributed by atoms with Crippen LogP contribution in [0, 0.1) is 0 Å². The number of halogens is 3. The molecule has 3 aromatic rings. The largest absolute Gasteiger partial charge is 0.497 e. The molecule has 0 aliphatic carbocycles. The zero-order valence-corrected chi connectivity index (χ0v) is 18.9. The van der Waals surface area contributed by atoms with E-state index in [1.165, 1.54) is 23.5 Å². The van der Waals surface area contributed by atoms with Crippen LogP contribution in [-0.4, -0.2) is 28.0 Å². The van der Waals surface area contributed by atoms with Gasteiger partial charge in [0.15, 0.2) is 0 Å². The number of amides is 1. The van der Waals surface area contributed by atoms with Crippen molar-refractivity contribution in [3.63, 3.8) is 0 Å². The fraction of sp³-hybridized carbons (Fsp3) is 0.208. The molecule has 0 saturated heterocycles. The number of benzene rings is 3. The van der Waals surface area contributed by atoms with Crippen LogP contribution in [0.4, 0.5) is 24.5 Å². The average Bonchev–Trinajstić information content (AvgIpc) is 2.83. The molecule has 0 radical (unpaired) electrons. The third-order valence-corrected chi connectivity index (χ3v) is 7.36. The molecule has 0 saturated carbocycles. The van der Waals surface area contributed by atoms with Gasteiger partial charge >= 0.3 is 6.18 Å². The molecule has 1 amide bonds. The van der Waals surface area contributed by atoms with Crippen LogP contribution in [0.1, 0.15) is 27.9 Å². The molecular weight excluding hydrogens is 469 g/mol. The summed E-state index contributed by atoms with van der Waals surface area (Å²) in [6, 6.07) is 14.9. The molecule has 1 N–H and O–H groups in total. The highest BCUT2D eigenvalue weighted by Crippen LogP contribution is 2.34. The first-order valence-electron chi connectivity index (χ1n) is 10.4. The Morgan fingerprint density at radius 2 is 1.68 bits per heavy atom. The van der Waals surface area contributed by atoms with Crippen LogP contribution in [0.15, 0.2) is 71.6 Å². The van der Waals surface area contributed by atoms with Crippen molar-refractivity contribution in [2.75, 3.05) is 23.3 Å². The smallest absolute Gasteiger partial charge is 0.416 e. The highest BCUT2D eigenvalue weighted by atomic mass is 32.2. The lowest BCUT2D eigenvalue weighted by atomic mass is 10.0. The molecule has 0 bridgehead atoms. The van der Waals surface area contributed by atoms with E-state index in [-0.39, 0.29) is 10.5 Å². The number of sulfonamides is 1. The summed E-state index contributed by atoms with van der Waals surface area (Å²) in [6.07, 6.45) is -3.27. The number of hydrogen-bond acceptors (Lipinski definition) is 4. The summed E-state index contributed by atoms with van der Waals surface area (Å²) in [5.41, 5.74) is 0.931. The first-order chi connectivity index (χ1) is 16.1. The summed E-state index contributed by atoms with van der Waals surface area (Å²) in [4.78, 5) is 12.6. The lowest BCUT2D eigenvalue weighted by Gasteiger charge is -2.31. The molecule has 0 spiro atoms. The van der Waals surface area contributed by atoms with E-state index in [2.05, 4.69) is 5.32 Å². The Morgan fingerprint density at radius 3 is 2.29 bits per heavy atom. The maximum Gasteiger partial charge on any atom is 0.416 e. The molecule has 6 nitrogen and oxygen atoms in total. The molecule has 1 heterocycles. The van der Waals surface area contributed by atoms with Gasteiger partial charge in [-0.2, -0.15) is 13.2 Å². The number of nitrogens with zero attached hydrogens (tertiary/aromatic N) is 1. The fourth-order valence-electron chi connectivity index (χ4n) is 3.78. The molecule has 0 atom stereocenters. The maximum atomic E-state index is 13.2. The second-order valence-electron chi connectivity index (χ2n) is 7.73. The zero-order valence-electron chi connectivity index (χ0n) is 18.1. The molecule has 34 heavy (non-hydrogen) atoms. The van der Waals surface area contributed by atoms with Crippen LogP contribution in [-0.2, 0) is 22.6 Å². The van der Waals surface area contributed by atoms with Crippen molar-refractivity contribution in [3.05, 3.63) is 83.4 Å². The molecule has 1 aliphatic heterocycles. The topological polar surface area (TPSA) is 75.7 Å². The van der Waals surface area contributed by atoms with Crippen molar-refractivity contribution in [2.24, 2.45) is 0 Å². The number of aryl methyl sites for hydroxylation is 1. The van der Waals surface area contributed by atoms with Gasteiger partial charge in [-0.15, -0.1) is 0 Å². The number of fused-ring (bicyclic) bond motifs is 1. The molecule has 3 aromatic carbocycles. The van der Waals surface area contributed by atoms with E-state index in [1.54, 1.807) is 30.3 Å². The van der Waals surface area contributed by atoms with E-state index in [0.717, 1.165) is 29.8 Å². The number of methoxy groups -OCH3 is 1. The van der Waals surface area contributed by atoms with Gasteiger partial charge < -0.3 is 10.1 Å². The van der Waals surface area contributed by atoms with Crippen molar-refractivity contribution < 1.29 is 31.1 Å². The highest BCUT2D eigenvalue weighted by Gasteiger charge is 2.31. The quantitative estimate of drug-likeness (QED) is 0.540. The van der Waals surface area contributed by atoms with Gasteiger partial charge in [-0.05, 0) is 85.1 Å². The fourth-order valence-corrected chi connectivity index (χ4v) is 5.32. The summed E-state index contributed by atoms with van der Waals surface area (Å²) >= 11 is 0. The Balaban J connectivity index is 1.55. The number of rotatable bonds is 5. The van der Waals surface area contributed by atoms with Crippen LogP contribution in [0.2, 0.25) is 0 Å². The molecule has 0 fully saturated rings. The van der Waals surface area contributed by atoms with Crippen LogP contribution < -0.4 is 14.4 Å². The second kappa shape index (κ2) is 9.02. The van der Waals surface area contributed by atoms with Crippen LogP contribution >= 0.6 is 0 Å². The third-order valence-electron chi connectivity index (χ3n) is 5.54. The molecule has 178 valence electrons. The number of anilines is 2. The second-order valence-corrected chi connectivity index (χ2v) is 9.59. The van der Waals surface area contributed by atoms with Crippen molar-refractivity contribution in [2.45, 2.75) is 23.9 Å². The van der Waals surface area contributed by atoms with E-state index in [9.17, 15) is 26.4 Å². The average molecular weight is 491 g/mol. The SMILES string of the molecule is COc1ccc(S(=O)(=O)N2CCCc3cc(NC(=O)c4ccc(C(F)(F)F)cc4)ccc32)cc1. The van der Waals surface area contributed by atoms with Crippen LogP contribution in [0.3, 0.4) is 0 Å². The number of hydrogen-bond donors (Lipinski definition) is 1. The Labute approximate surface area is 195 Å². The Bertz CT molecular complexity index is 1310. The molecule has 10 heteroatoms.